The van der Waals surface area contributed by atoms with E-state index in [2.05, 4.69) is 15.1 Å². The molecule has 1 fully saturated rings. The second kappa shape index (κ2) is 8.06. The van der Waals surface area contributed by atoms with E-state index in [-0.39, 0.29) is 28.4 Å². The van der Waals surface area contributed by atoms with Gasteiger partial charge in [-0.3, -0.25) is 9.47 Å². The number of morpholine rings is 1. The highest BCUT2D eigenvalue weighted by Crippen LogP contribution is 2.37. The number of ether oxygens (including phenoxy) is 1. The third-order valence-electron chi connectivity index (χ3n) is 4.80. The summed E-state index contributed by atoms with van der Waals surface area (Å²) in [5.41, 5.74) is 0.974. The molecule has 28 heavy (non-hydrogen) atoms. The van der Waals surface area contributed by atoms with Gasteiger partial charge in [0.2, 0.25) is 15.0 Å². The first-order valence-electron chi connectivity index (χ1n) is 9.18. The van der Waals surface area contributed by atoms with E-state index in [1.165, 1.54) is 10.6 Å². The molecule has 0 spiro atoms. The van der Waals surface area contributed by atoms with E-state index in [1.54, 1.807) is 6.07 Å². The van der Waals surface area contributed by atoms with Crippen molar-refractivity contribution in [2.45, 2.75) is 31.5 Å². The minimum atomic E-state index is -3.61. The number of rotatable bonds is 6. The highest BCUT2D eigenvalue weighted by Gasteiger charge is 2.25. The minimum Gasteiger partial charge on any atom is -0.508 e. The summed E-state index contributed by atoms with van der Waals surface area (Å²) in [7, 11) is -3.61. The van der Waals surface area contributed by atoms with Crippen LogP contribution in [0.1, 0.15) is 25.3 Å². The van der Waals surface area contributed by atoms with Gasteiger partial charge in [0.25, 0.3) is 0 Å². The molecule has 0 aliphatic carbocycles. The zero-order valence-electron chi connectivity index (χ0n) is 16.3. The van der Waals surface area contributed by atoms with Crippen LogP contribution in [0.4, 0.5) is 0 Å². The van der Waals surface area contributed by atoms with Crippen LogP contribution >= 0.6 is 0 Å². The standard InChI is InChI=1S/C18H26N4O5S/c1-12(2)13-10-14(16(24)11-15(13)23)17-19-20-18(28(3,25)26)22(17)5-4-21-6-8-27-9-7-21/h10-12,23-24H,4-9H2,1-3H3. The first kappa shape index (κ1) is 20.6. The maximum Gasteiger partial charge on any atom is 0.249 e. The van der Waals surface area contributed by atoms with Gasteiger partial charge in [-0.25, -0.2) is 8.42 Å². The van der Waals surface area contributed by atoms with Crippen LogP contribution in [0.3, 0.4) is 0 Å². The van der Waals surface area contributed by atoms with Gasteiger partial charge in [-0.05, 0) is 17.5 Å². The summed E-state index contributed by atoms with van der Waals surface area (Å²) in [5, 5.41) is 28.3. The highest BCUT2D eigenvalue weighted by atomic mass is 32.2. The first-order chi connectivity index (χ1) is 13.2. The second-order valence-corrected chi connectivity index (χ2v) is 9.18. The smallest absolute Gasteiger partial charge is 0.249 e. The molecule has 3 rings (SSSR count). The van der Waals surface area contributed by atoms with Gasteiger partial charge in [-0.2, -0.15) is 0 Å². The lowest BCUT2D eigenvalue weighted by Crippen LogP contribution is -2.38. The Morgan fingerprint density at radius 3 is 2.39 bits per heavy atom. The van der Waals surface area contributed by atoms with Crippen LogP contribution in [0.25, 0.3) is 11.4 Å². The second-order valence-electron chi connectivity index (χ2n) is 7.27. The molecule has 1 aromatic heterocycles. The molecule has 154 valence electrons. The van der Waals surface area contributed by atoms with Gasteiger partial charge in [0.15, 0.2) is 5.82 Å². The van der Waals surface area contributed by atoms with Crippen molar-refractivity contribution in [2.24, 2.45) is 0 Å². The Bertz CT molecular complexity index is 949. The van der Waals surface area contributed by atoms with Crippen molar-refractivity contribution in [1.82, 2.24) is 19.7 Å². The minimum absolute atomic E-state index is 0.0125. The van der Waals surface area contributed by atoms with Crippen LogP contribution in [0, 0.1) is 0 Å². The van der Waals surface area contributed by atoms with Crippen LogP contribution in [0.15, 0.2) is 17.3 Å². The van der Waals surface area contributed by atoms with E-state index in [0.717, 1.165) is 19.3 Å². The lowest BCUT2D eigenvalue weighted by Gasteiger charge is -2.27. The lowest BCUT2D eigenvalue weighted by atomic mass is 9.98. The van der Waals surface area contributed by atoms with Crippen molar-refractivity contribution in [3.63, 3.8) is 0 Å². The van der Waals surface area contributed by atoms with Crippen molar-refractivity contribution in [1.29, 1.82) is 0 Å². The van der Waals surface area contributed by atoms with Gasteiger partial charge in [-0.15, -0.1) is 10.2 Å². The molecule has 1 aliphatic rings. The molecule has 2 aromatic rings. The van der Waals surface area contributed by atoms with Gasteiger partial charge in [0, 0.05) is 38.5 Å². The van der Waals surface area contributed by atoms with Gasteiger partial charge in [-0.1, -0.05) is 13.8 Å². The van der Waals surface area contributed by atoms with E-state index in [0.29, 0.717) is 37.4 Å². The molecule has 1 aromatic carbocycles. The molecule has 0 saturated carbocycles. The quantitative estimate of drug-likeness (QED) is 0.730. The highest BCUT2D eigenvalue weighted by molar-refractivity contribution is 7.90. The van der Waals surface area contributed by atoms with E-state index < -0.39 is 9.84 Å². The number of benzene rings is 1. The van der Waals surface area contributed by atoms with Gasteiger partial charge >= 0.3 is 0 Å². The van der Waals surface area contributed by atoms with Crippen molar-refractivity contribution in [3.8, 4) is 22.9 Å². The Balaban J connectivity index is 2.04. The van der Waals surface area contributed by atoms with E-state index in [9.17, 15) is 18.6 Å². The zero-order chi connectivity index (χ0) is 20.5. The predicted molar refractivity (Wildman–Crippen MR) is 103 cm³/mol. The van der Waals surface area contributed by atoms with Crippen molar-refractivity contribution in [3.05, 3.63) is 17.7 Å². The fraction of sp³-hybridized carbons (Fsp3) is 0.556. The normalized spacial score (nSPS) is 16.0. The maximum atomic E-state index is 12.2. The number of aromatic hydroxyl groups is 2. The molecule has 2 heterocycles. The molecular formula is C18H26N4O5S. The molecule has 9 nitrogen and oxygen atoms in total. The monoisotopic (exact) mass is 410 g/mol. The summed E-state index contributed by atoms with van der Waals surface area (Å²) < 4.78 is 31.3. The molecule has 0 amide bonds. The summed E-state index contributed by atoms with van der Waals surface area (Å²) >= 11 is 0. The summed E-state index contributed by atoms with van der Waals surface area (Å²) in [4.78, 5) is 2.18. The number of phenolic OH excluding ortho intramolecular Hbond substituents is 2. The molecule has 0 unspecified atom stereocenters. The summed E-state index contributed by atoms with van der Waals surface area (Å²) in [6, 6.07) is 2.89. The SMILES string of the molecule is CC(C)c1cc(-c2nnc(S(C)(=O)=O)n2CCN2CCOCC2)c(O)cc1O. The average Bonchev–Trinajstić information content (AvgIpc) is 3.04. The number of aromatic nitrogens is 3. The molecule has 10 heteroatoms. The van der Waals surface area contributed by atoms with Gasteiger partial charge in [0.1, 0.15) is 11.5 Å². The molecule has 1 aliphatic heterocycles. The zero-order valence-corrected chi connectivity index (χ0v) is 17.1. The molecular weight excluding hydrogens is 384 g/mol. The Kier molecular flexibility index (Phi) is 5.92. The average molecular weight is 410 g/mol. The number of hydrogen-bond donors (Lipinski definition) is 2. The number of nitrogens with zero attached hydrogens (tertiary/aromatic N) is 4. The van der Waals surface area contributed by atoms with E-state index in [4.69, 9.17) is 4.74 Å². The number of sulfone groups is 1. The Hall–Kier alpha value is -2.17. The Labute approximate surface area is 164 Å². The molecule has 0 bridgehead atoms. The van der Waals surface area contributed by atoms with Crippen molar-refractivity contribution < 1.29 is 23.4 Å². The van der Waals surface area contributed by atoms with Gasteiger partial charge in [0.05, 0.1) is 18.8 Å². The van der Waals surface area contributed by atoms with Gasteiger partial charge < -0.3 is 14.9 Å². The topological polar surface area (TPSA) is 118 Å². The molecule has 2 N–H and O–H groups in total. The van der Waals surface area contributed by atoms with E-state index in [1.807, 2.05) is 13.8 Å². The maximum absolute atomic E-state index is 12.2. The molecule has 0 radical (unpaired) electrons. The Morgan fingerprint density at radius 1 is 1.11 bits per heavy atom. The summed E-state index contributed by atoms with van der Waals surface area (Å²) in [6.07, 6.45) is 1.09. The number of phenols is 2. The van der Waals surface area contributed by atoms with Crippen LogP contribution < -0.4 is 0 Å². The largest absolute Gasteiger partial charge is 0.508 e. The Morgan fingerprint density at radius 2 is 1.79 bits per heavy atom. The van der Waals surface area contributed by atoms with Crippen LogP contribution in [0.5, 0.6) is 11.5 Å². The molecule has 0 atom stereocenters. The summed E-state index contributed by atoms with van der Waals surface area (Å²) in [6.45, 7) is 7.62. The van der Waals surface area contributed by atoms with Crippen molar-refractivity contribution >= 4 is 9.84 Å². The van der Waals surface area contributed by atoms with Crippen molar-refractivity contribution in [2.75, 3.05) is 39.1 Å². The predicted octanol–water partition coefficient (Wildman–Crippen LogP) is 1.22. The van der Waals surface area contributed by atoms with Crippen LogP contribution in [-0.2, 0) is 21.1 Å². The first-order valence-corrected chi connectivity index (χ1v) is 11.1. The van der Waals surface area contributed by atoms with Crippen LogP contribution in [0.2, 0.25) is 0 Å². The lowest BCUT2D eigenvalue weighted by molar-refractivity contribution is 0.0361. The third kappa shape index (κ3) is 4.29. The third-order valence-corrected chi connectivity index (χ3v) is 5.77. The number of hydrogen-bond acceptors (Lipinski definition) is 8. The van der Waals surface area contributed by atoms with E-state index >= 15 is 0 Å². The fourth-order valence-corrected chi connectivity index (χ4v) is 4.03. The summed E-state index contributed by atoms with van der Waals surface area (Å²) in [5.74, 6) is 0.0764. The van der Waals surface area contributed by atoms with Crippen LogP contribution in [-0.4, -0.2) is 77.4 Å². The molecule has 1 saturated heterocycles. The fourth-order valence-electron chi connectivity index (χ4n) is 3.27.